The van der Waals surface area contributed by atoms with Crippen molar-refractivity contribution in [3.8, 4) is 0 Å². The van der Waals surface area contributed by atoms with Gasteiger partial charge < -0.3 is 0 Å². The molecule has 2 rings (SSSR count). The molecule has 0 bridgehead atoms. The second-order valence-electron chi connectivity index (χ2n) is 3.85. The van der Waals surface area contributed by atoms with Crippen molar-refractivity contribution in [1.29, 1.82) is 0 Å². The Morgan fingerprint density at radius 3 is 2.60 bits per heavy atom. The fourth-order valence-electron chi connectivity index (χ4n) is 1.91. The van der Waals surface area contributed by atoms with E-state index in [1.165, 1.54) is 29.6 Å². The zero-order valence-corrected chi connectivity index (χ0v) is 10.5. The summed E-state index contributed by atoms with van der Waals surface area (Å²) in [4.78, 5) is 0. The fourth-order valence-corrected chi connectivity index (χ4v) is 2.17. The third-order valence-corrected chi connectivity index (χ3v) is 3.33. The predicted octanol–water partition coefficient (Wildman–Crippen LogP) is 4.96. The number of hydrogen-bond acceptors (Lipinski definition) is 0. The van der Waals surface area contributed by atoms with E-state index < -0.39 is 0 Å². The van der Waals surface area contributed by atoms with Crippen LogP contribution >= 0.6 is 15.9 Å². The molecule has 0 heterocycles. The van der Waals surface area contributed by atoms with Crippen molar-refractivity contribution in [3.05, 3.63) is 52.0 Å². The van der Waals surface area contributed by atoms with E-state index in [1.54, 1.807) is 0 Å². The van der Waals surface area contributed by atoms with Crippen LogP contribution in [0.4, 0.5) is 0 Å². The Kier molecular flexibility index (Phi) is 3.42. The number of benzene rings is 1. The molecule has 1 aliphatic rings. The van der Waals surface area contributed by atoms with Gasteiger partial charge in [-0.1, -0.05) is 52.7 Å². The van der Waals surface area contributed by atoms with E-state index in [0.717, 1.165) is 10.9 Å². The summed E-state index contributed by atoms with van der Waals surface area (Å²) in [7, 11) is 0. The van der Waals surface area contributed by atoms with Crippen molar-refractivity contribution < 1.29 is 0 Å². The van der Waals surface area contributed by atoms with E-state index in [2.05, 4.69) is 59.3 Å². The van der Waals surface area contributed by atoms with Crippen LogP contribution in [0.25, 0.3) is 5.57 Å². The van der Waals surface area contributed by atoms with Crippen LogP contribution < -0.4 is 0 Å². The van der Waals surface area contributed by atoms with Gasteiger partial charge in [-0.25, -0.2) is 0 Å². The van der Waals surface area contributed by atoms with Crippen molar-refractivity contribution in [1.82, 2.24) is 0 Å². The molecule has 0 aliphatic heterocycles. The highest BCUT2D eigenvalue weighted by Crippen LogP contribution is 2.28. The molecule has 0 spiro atoms. The molecule has 1 heteroatoms. The van der Waals surface area contributed by atoms with Gasteiger partial charge in [-0.05, 0) is 42.5 Å². The summed E-state index contributed by atoms with van der Waals surface area (Å²) >= 11 is 3.46. The molecule has 0 fully saturated rings. The maximum absolute atomic E-state index is 3.46. The molecular formula is C14H15Br. The van der Waals surface area contributed by atoms with Crippen molar-refractivity contribution in [3.63, 3.8) is 0 Å². The topological polar surface area (TPSA) is 0 Å². The van der Waals surface area contributed by atoms with E-state index in [0.29, 0.717) is 0 Å². The lowest BCUT2D eigenvalue weighted by Gasteiger charge is -2.13. The largest absolute Gasteiger partial charge is 0.0810 e. The maximum atomic E-state index is 3.46. The SMILES string of the molecule is CCC1=CCCC(c2ccc(Br)cc2)=C1. The van der Waals surface area contributed by atoms with Gasteiger partial charge in [0.05, 0.1) is 0 Å². The zero-order valence-electron chi connectivity index (χ0n) is 8.96. The van der Waals surface area contributed by atoms with Crippen LogP contribution in [-0.4, -0.2) is 0 Å². The standard InChI is InChI=1S/C14H15Br/c1-2-11-4-3-5-13(10-11)12-6-8-14(15)9-7-12/h4,6-10H,2-3,5H2,1H3. The first-order valence-corrected chi connectivity index (χ1v) is 6.24. The van der Waals surface area contributed by atoms with E-state index in [1.807, 2.05) is 0 Å². The van der Waals surface area contributed by atoms with Crippen LogP contribution in [0, 0.1) is 0 Å². The molecule has 0 amide bonds. The molecule has 1 aliphatic carbocycles. The fraction of sp³-hybridized carbons (Fsp3) is 0.286. The lowest BCUT2D eigenvalue weighted by molar-refractivity contribution is 0.999. The van der Waals surface area contributed by atoms with E-state index in [4.69, 9.17) is 0 Å². The van der Waals surface area contributed by atoms with Crippen LogP contribution in [0.1, 0.15) is 31.7 Å². The summed E-state index contributed by atoms with van der Waals surface area (Å²) in [6.45, 7) is 2.22. The third-order valence-electron chi connectivity index (χ3n) is 2.80. The first kappa shape index (κ1) is 10.7. The second-order valence-corrected chi connectivity index (χ2v) is 4.76. The molecule has 1 aromatic carbocycles. The summed E-state index contributed by atoms with van der Waals surface area (Å²) < 4.78 is 1.15. The minimum absolute atomic E-state index is 1.14. The highest BCUT2D eigenvalue weighted by Gasteiger charge is 2.06. The Balaban J connectivity index is 2.28. The number of rotatable bonds is 2. The molecular weight excluding hydrogens is 248 g/mol. The molecule has 0 radical (unpaired) electrons. The minimum Gasteiger partial charge on any atom is -0.0810 e. The van der Waals surface area contributed by atoms with Crippen molar-refractivity contribution in [2.45, 2.75) is 26.2 Å². The predicted molar refractivity (Wildman–Crippen MR) is 69.7 cm³/mol. The van der Waals surface area contributed by atoms with Gasteiger partial charge in [0.2, 0.25) is 0 Å². The molecule has 15 heavy (non-hydrogen) atoms. The van der Waals surface area contributed by atoms with Gasteiger partial charge in [-0.2, -0.15) is 0 Å². The van der Waals surface area contributed by atoms with Crippen molar-refractivity contribution in [2.24, 2.45) is 0 Å². The number of hydrogen-bond donors (Lipinski definition) is 0. The Morgan fingerprint density at radius 1 is 1.20 bits per heavy atom. The Morgan fingerprint density at radius 2 is 1.93 bits per heavy atom. The average molecular weight is 263 g/mol. The maximum Gasteiger partial charge on any atom is 0.0175 e. The molecule has 1 aromatic rings. The summed E-state index contributed by atoms with van der Waals surface area (Å²) in [5.74, 6) is 0. The van der Waals surface area contributed by atoms with Gasteiger partial charge in [-0.3, -0.25) is 0 Å². The smallest absolute Gasteiger partial charge is 0.0175 e. The Bertz CT molecular complexity index is 396. The third kappa shape index (κ3) is 2.60. The average Bonchev–Trinajstić information content (AvgIpc) is 2.30. The quantitative estimate of drug-likeness (QED) is 0.707. The van der Waals surface area contributed by atoms with Gasteiger partial charge in [0.15, 0.2) is 0 Å². The van der Waals surface area contributed by atoms with Crippen LogP contribution in [0.2, 0.25) is 0 Å². The van der Waals surface area contributed by atoms with Crippen molar-refractivity contribution >= 4 is 21.5 Å². The van der Waals surface area contributed by atoms with Crippen LogP contribution in [-0.2, 0) is 0 Å². The molecule has 0 N–H and O–H groups in total. The van der Waals surface area contributed by atoms with Gasteiger partial charge in [-0.15, -0.1) is 0 Å². The molecule has 78 valence electrons. The van der Waals surface area contributed by atoms with Crippen molar-refractivity contribution in [2.75, 3.05) is 0 Å². The molecule has 0 aromatic heterocycles. The summed E-state index contributed by atoms with van der Waals surface area (Å²) in [5.41, 5.74) is 4.30. The number of halogens is 1. The highest BCUT2D eigenvalue weighted by molar-refractivity contribution is 9.10. The molecule has 0 unspecified atom stereocenters. The van der Waals surface area contributed by atoms with E-state index in [9.17, 15) is 0 Å². The molecule has 0 saturated heterocycles. The highest BCUT2D eigenvalue weighted by atomic mass is 79.9. The van der Waals surface area contributed by atoms with Crippen LogP contribution in [0.15, 0.2) is 46.5 Å². The van der Waals surface area contributed by atoms with Gasteiger partial charge in [0.1, 0.15) is 0 Å². The Hall–Kier alpha value is -0.820. The summed E-state index contributed by atoms with van der Waals surface area (Å²) in [6, 6.07) is 8.60. The molecule has 0 nitrogen and oxygen atoms in total. The normalized spacial score (nSPS) is 15.9. The first-order valence-electron chi connectivity index (χ1n) is 5.45. The lowest BCUT2D eigenvalue weighted by Crippen LogP contribution is -1.91. The molecule has 0 atom stereocenters. The Labute approximate surface area is 99.8 Å². The van der Waals surface area contributed by atoms with E-state index >= 15 is 0 Å². The summed E-state index contributed by atoms with van der Waals surface area (Å²) in [6.07, 6.45) is 8.19. The zero-order chi connectivity index (χ0) is 10.7. The van der Waals surface area contributed by atoms with Gasteiger partial charge in [0, 0.05) is 4.47 Å². The van der Waals surface area contributed by atoms with E-state index in [-0.39, 0.29) is 0 Å². The summed E-state index contributed by atoms with van der Waals surface area (Å²) in [5, 5.41) is 0. The van der Waals surface area contributed by atoms with Crippen LogP contribution in [0.5, 0.6) is 0 Å². The monoisotopic (exact) mass is 262 g/mol. The van der Waals surface area contributed by atoms with Gasteiger partial charge >= 0.3 is 0 Å². The second kappa shape index (κ2) is 4.80. The first-order chi connectivity index (χ1) is 7.29. The number of allylic oxidation sites excluding steroid dienone is 4. The van der Waals surface area contributed by atoms with Gasteiger partial charge in [0.25, 0.3) is 0 Å². The molecule has 0 saturated carbocycles. The van der Waals surface area contributed by atoms with Crippen LogP contribution in [0.3, 0.4) is 0 Å². The lowest BCUT2D eigenvalue weighted by atomic mass is 9.93. The minimum atomic E-state index is 1.14.